The van der Waals surface area contributed by atoms with Gasteiger partial charge in [0.05, 0.1) is 25.2 Å². The van der Waals surface area contributed by atoms with Gasteiger partial charge in [0.15, 0.2) is 0 Å². The molecule has 0 fully saturated rings. The van der Waals surface area contributed by atoms with E-state index in [0.29, 0.717) is 19.3 Å². The topological polar surface area (TPSA) is 95.9 Å². The summed E-state index contributed by atoms with van der Waals surface area (Å²) in [6, 6.07) is -0.705. The van der Waals surface area contributed by atoms with E-state index in [-0.39, 0.29) is 24.9 Å². The van der Waals surface area contributed by atoms with Crippen molar-refractivity contribution in [3.8, 4) is 0 Å². The number of rotatable bonds is 50. The fraction of sp³-hybridized carbons (Fsp3) is 0.828. The number of allylic oxidation sites excluding steroid dienone is 8. The lowest BCUT2D eigenvalue weighted by atomic mass is 10.0. The van der Waals surface area contributed by atoms with Crippen LogP contribution in [0.3, 0.4) is 0 Å². The second-order valence-electron chi connectivity index (χ2n) is 19.1. The van der Waals surface area contributed by atoms with Crippen molar-refractivity contribution in [3.63, 3.8) is 0 Å². The highest BCUT2D eigenvalue weighted by molar-refractivity contribution is 5.77. The van der Waals surface area contributed by atoms with Crippen molar-refractivity contribution in [1.82, 2.24) is 5.32 Å². The predicted molar refractivity (Wildman–Crippen MR) is 278 cm³/mol. The molecule has 374 valence electrons. The molecule has 3 N–H and O–H groups in total. The Morgan fingerprint density at radius 1 is 0.453 bits per heavy atom. The number of nitrogens with one attached hydrogen (secondary N) is 1. The highest BCUT2D eigenvalue weighted by Crippen LogP contribution is 2.18. The van der Waals surface area contributed by atoms with Crippen LogP contribution in [-0.4, -0.2) is 46.9 Å². The van der Waals surface area contributed by atoms with Crippen LogP contribution in [0.15, 0.2) is 48.6 Å². The SMILES string of the molecule is CCCCC/C=C/C=C/C=C/C=C/CCCCCCCC(=O)OC(CCCCCCCCCCCCCCCCCC)CC(=O)NC(CO)C(O)CCCCCCCCCCCCC. The quantitative estimate of drug-likeness (QED) is 0.0321. The van der Waals surface area contributed by atoms with Crippen LogP contribution in [0.2, 0.25) is 0 Å². The molecule has 0 aliphatic rings. The number of ether oxygens (including phenoxy) is 1. The zero-order valence-corrected chi connectivity index (χ0v) is 42.7. The summed E-state index contributed by atoms with van der Waals surface area (Å²) in [6.07, 6.45) is 63.1. The van der Waals surface area contributed by atoms with Crippen LogP contribution in [0.25, 0.3) is 0 Å². The molecule has 0 aromatic rings. The van der Waals surface area contributed by atoms with Crippen LogP contribution in [0.5, 0.6) is 0 Å². The van der Waals surface area contributed by atoms with Gasteiger partial charge >= 0.3 is 5.97 Å². The van der Waals surface area contributed by atoms with Crippen molar-refractivity contribution >= 4 is 11.9 Å². The molecule has 0 spiro atoms. The van der Waals surface area contributed by atoms with Gasteiger partial charge in [-0.3, -0.25) is 9.59 Å². The summed E-state index contributed by atoms with van der Waals surface area (Å²) in [4.78, 5) is 26.2. The lowest BCUT2D eigenvalue weighted by molar-refractivity contribution is -0.151. The Morgan fingerprint density at radius 3 is 1.23 bits per heavy atom. The highest BCUT2D eigenvalue weighted by Gasteiger charge is 2.24. The largest absolute Gasteiger partial charge is 0.462 e. The molecule has 6 nitrogen and oxygen atoms in total. The van der Waals surface area contributed by atoms with Gasteiger partial charge in [-0.25, -0.2) is 0 Å². The summed E-state index contributed by atoms with van der Waals surface area (Å²) in [7, 11) is 0. The lowest BCUT2D eigenvalue weighted by Gasteiger charge is -2.24. The van der Waals surface area contributed by atoms with Gasteiger partial charge in [0.25, 0.3) is 0 Å². The molecule has 1 amide bonds. The summed E-state index contributed by atoms with van der Waals surface area (Å²) in [5.41, 5.74) is 0. The molecular formula is C58H107NO5. The first kappa shape index (κ1) is 61.8. The summed E-state index contributed by atoms with van der Waals surface area (Å²) < 4.78 is 5.95. The number of aliphatic hydroxyl groups is 2. The second kappa shape index (κ2) is 51.8. The van der Waals surface area contributed by atoms with Gasteiger partial charge < -0.3 is 20.3 Å². The summed E-state index contributed by atoms with van der Waals surface area (Å²) in [5, 5.41) is 23.8. The van der Waals surface area contributed by atoms with Crippen LogP contribution in [0.4, 0.5) is 0 Å². The molecule has 64 heavy (non-hydrogen) atoms. The normalized spacial score (nSPS) is 13.5. The third-order valence-corrected chi connectivity index (χ3v) is 12.8. The molecule has 0 aliphatic heterocycles. The van der Waals surface area contributed by atoms with E-state index >= 15 is 0 Å². The maximum atomic E-state index is 13.2. The fourth-order valence-electron chi connectivity index (χ4n) is 8.50. The Bertz CT molecular complexity index is 1100. The van der Waals surface area contributed by atoms with Crippen molar-refractivity contribution in [3.05, 3.63) is 48.6 Å². The molecule has 3 unspecified atom stereocenters. The Morgan fingerprint density at radius 2 is 0.797 bits per heavy atom. The van der Waals surface area contributed by atoms with Crippen molar-refractivity contribution in [2.75, 3.05) is 6.61 Å². The Kier molecular flexibility index (Phi) is 50.0. The van der Waals surface area contributed by atoms with E-state index < -0.39 is 18.2 Å². The maximum Gasteiger partial charge on any atom is 0.306 e. The van der Waals surface area contributed by atoms with E-state index in [4.69, 9.17) is 4.74 Å². The lowest BCUT2D eigenvalue weighted by Crippen LogP contribution is -2.46. The third-order valence-electron chi connectivity index (χ3n) is 12.8. The second-order valence-corrected chi connectivity index (χ2v) is 19.1. The number of carbonyl (C=O) groups excluding carboxylic acids is 2. The fourth-order valence-corrected chi connectivity index (χ4v) is 8.50. The Labute approximate surface area is 397 Å². The van der Waals surface area contributed by atoms with Crippen LogP contribution < -0.4 is 5.32 Å². The van der Waals surface area contributed by atoms with Crippen molar-refractivity contribution in [2.24, 2.45) is 0 Å². The van der Waals surface area contributed by atoms with Gasteiger partial charge in [-0.05, 0) is 51.4 Å². The van der Waals surface area contributed by atoms with Crippen molar-refractivity contribution < 1.29 is 24.5 Å². The molecule has 0 aliphatic carbocycles. The first-order chi connectivity index (χ1) is 31.5. The number of hydrogen-bond donors (Lipinski definition) is 3. The smallest absolute Gasteiger partial charge is 0.306 e. The zero-order chi connectivity index (χ0) is 46.7. The minimum atomic E-state index is -0.790. The Balaban J connectivity index is 4.60. The minimum Gasteiger partial charge on any atom is -0.462 e. The molecule has 3 atom stereocenters. The molecule has 0 aromatic heterocycles. The van der Waals surface area contributed by atoms with Crippen LogP contribution in [0.1, 0.15) is 284 Å². The molecule has 6 heteroatoms. The summed E-state index contributed by atoms with van der Waals surface area (Å²) in [6.45, 7) is 6.46. The van der Waals surface area contributed by atoms with Crippen LogP contribution in [0, 0.1) is 0 Å². The minimum absolute atomic E-state index is 0.0707. The summed E-state index contributed by atoms with van der Waals surface area (Å²) >= 11 is 0. The molecule has 0 saturated carbocycles. The van der Waals surface area contributed by atoms with E-state index in [0.717, 1.165) is 77.0 Å². The molecule has 0 aromatic carbocycles. The van der Waals surface area contributed by atoms with Gasteiger partial charge in [-0.1, -0.05) is 268 Å². The molecular weight excluding hydrogens is 791 g/mol. The number of aliphatic hydroxyl groups excluding tert-OH is 2. The van der Waals surface area contributed by atoms with Gasteiger partial charge in [-0.2, -0.15) is 0 Å². The van der Waals surface area contributed by atoms with Crippen LogP contribution in [-0.2, 0) is 14.3 Å². The molecule has 0 bridgehead atoms. The molecule has 0 saturated heterocycles. The number of amides is 1. The number of hydrogen-bond acceptors (Lipinski definition) is 5. The molecule has 0 radical (unpaired) electrons. The van der Waals surface area contributed by atoms with Gasteiger partial charge in [0.1, 0.15) is 6.10 Å². The molecule has 0 heterocycles. The average molecular weight is 898 g/mol. The van der Waals surface area contributed by atoms with Crippen molar-refractivity contribution in [1.29, 1.82) is 0 Å². The first-order valence-electron chi connectivity index (χ1n) is 27.9. The predicted octanol–water partition coefficient (Wildman–Crippen LogP) is 17.0. The van der Waals surface area contributed by atoms with Crippen LogP contribution >= 0.6 is 0 Å². The van der Waals surface area contributed by atoms with Gasteiger partial charge in [0.2, 0.25) is 5.91 Å². The van der Waals surface area contributed by atoms with E-state index in [1.807, 2.05) is 0 Å². The van der Waals surface area contributed by atoms with Gasteiger partial charge in [0, 0.05) is 6.42 Å². The number of esters is 1. The van der Waals surface area contributed by atoms with E-state index in [1.54, 1.807) is 0 Å². The summed E-state index contributed by atoms with van der Waals surface area (Å²) in [5.74, 6) is -0.488. The van der Waals surface area contributed by atoms with Gasteiger partial charge in [-0.15, -0.1) is 0 Å². The maximum absolute atomic E-state index is 13.2. The highest BCUT2D eigenvalue weighted by atomic mass is 16.5. The monoisotopic (exact) mass is 898 g/mol. The average Bonchev–Trinajstić information content (AvgIpc) is 3.29. The number of carbonyl (C=O) groups is 2. The van der Waals surface area contributed by atoms with E-state index in [9.17, 15) is 19.8 Å². The van der Waals surface area contributed by atoms with E-state index in [2.05, 4.69) is 74.7 Å². The van der Waals surface area contributed by atoms with Crippen molar-refractivity contribution in [2.45, 2.75) is 302 Å². The first-order valence-corrected chi connectivity index (χ1v) is 27.9. The molecule has 0 rings (SSSR count). The van der Waals surface area contributed by atoms with E-state index in [1.165, 1.54) is 161 Å². The zero-order valence-electron chi connectivity index (χ0n) is 42.7. The third kappa shape index (κ3) is 46.4. The standard InChI is InChI=1S/C58H107NO5/c1-4-7-10-13-16-19-22-24-26-28-29-31-33-36-39-42-45-48-51-58(63)64-54(49-46-43-40-37-35-32-30-27-25-23-20-17-14-11-8-5-2)52-57(62)59-55(53-60)56(61)50-47-44-41-38-34-21-18-15-12-9-6-3/h16,19,22,24,26,28-29,31,54-56,60-61H,4-15,17-18,20-21,23,25,27,30,32-53H2,1-3H3,(H,59,62)/b19-16+,24-22+,28-26+,31-29+. The Hall–Kier alpha value is -2.18. The number of unbranched alkanes of at least 4 members (excludes halogenated alkanes) is 33.